The highest BCUT2D eigenvalue weighted by atomic mass is 16.5. The van der Waals surface area contributed by atoms with E-state index >= 15 is 0 Å². The van der Waals surface area contributed by atoms with Crippen LogP contribution in [0.2, 0.25) is 0 Å². The number of cyclic esters (lactones) is 1. The summed E-state index contributed by atoms with van der Waals surface area (Å²) >= 11 is 0. The summed E-state index contributed by atoms with van der Waals surface area (Å²) in [6.45, 7) is 0.356. The number of ether oxygens (including phenoxy) is 1. The molecule has 1 unspecified atom stereocenters. The van der Waals surface area contributed by atoms with Gasteiger partial charge >= 0.3 is 5.97 Å². The van der Waals surface area contributed by atoms with Crippen LogP contribution in [0, 0.1) is 0 Å². The summed E-state index contributed by atoms with van der Waals surface area (Å²) in [5.41, 5.74) is 0.304. The minimum Gasteiger partial charge on any atom is -0.464 e. The molecule has 0 bridgehead atoms. The molecule has 3 rings (SSSR count). The Hall–Kier alpha value is -2.43. The molecular formula is C14H12N2O3. The molecule has 1 amide bonds. The first-order valence-corrected chi connectivity index (χ1v) is 6.06. The molecule has 2 aromatic rings. The lowest BCUT2D eigenvalue weighted by molar-refractivity contribution is -0.139. The van der Waals surface area contributed by atoms with E-state index in [1.54, 1.807) is 12.3 Å². The summed E-state index contributed by atoms with van der Waals surface area (Å²) in [4.78, 5) is 27.4. The van der Waals surface area contributed by atoms with Crippen molar-refractivity contribution >= 4 is 22.6 Å². The van der Waals surface area contributed by atoms with Crippen molar-refractivity contribution in [2.45, 2.75) is 12.5 Å². The Balaban J connectivity index is 1.83. The Morgan fingerprint density at radius 2 is 2.11 bits per heavy atom. The average molecular weight is 256 g/mol. The fourth-order valence-electron chi connectivity index (χ4n) is 2.07. The number of aromatic nitrogens is 1. The van der Waals surface area contributed by atoms with Crippen molar-refractivity contribution in [2.75, 3.05) is 6.61 Å². The van der Waals surface area contributed by atoms with Gasteiger partial charge < -0.3 is 10.1 Å². The number of nitrogens with zero attached hydrogens (tertiary/aromatic N) is 1. The highest BCUT2D eigenvalue weighted by molar-refractivity contribution is 5.98. The van der Waals surface area contributed by atoms with E-state index in [9.17, 15) is 9.59 Å². The number of hydrogen-bond acceptors (Lipinski definition) is 4. The molecule has 1 atom stereocenters. The number of hydrogen-bond donors (Lipinski definition) is 1. The van der Waals surface area contributed by atoms with Crippen LogP contribution >= 0.6 is 0 Å². The third kappa shape index (κ3) is 2.27. The highest BCUT2D eigenvalue weighted by Crippen LogP contribution is 2.14. The van der Waals surface area contributed by atoms with Gasteiger partial charge in [-0.3, -0.25) is 9.78 Å². The third-order valence-electron chi connectivity index (χ3n) is 3.10. The lowest BCUT2D eigenvalue weighted by atomic mass is 10.1. The zero-order chi connectivity index (χ0) is 13.2. The zero-order valence-electron chi connectivity index (χ0n) is 10.1. The standard InChI is InChI=1S/C14H12N2O3/c17-13(16-11-5-6-19-14(11)18)12-7-9-3-1-2-4-10(9)8-15-12/h1-4,7-8,11H,5-6H2,(H,16,17). The Bertz CT molecular complexity index is 654. The van der Waals surface area contributed by atoms with Gasteiger partial charge in [-0.25, -0.2) is 4.79 Å². The number of rotatable bonds is 2. The molecule has 2 heterocycles. The second-order valence-corrected chi connectivity index (χ2v) is 4.40. The van der Waals surface area contributed by atoms with Gasteiger partial charge in [0.15, 0.2) is 0 Å². The Labute approximate surface area is 109 Å². The number of esters is 1. The summed E-state index contributed by atoms with van der Waals surface area (Å²) in [5.74, 6) is -0.733. The minimum absolute atomic E-state index is 0.304. The van der Waals surface area contributed by atoms with Gasteiger partial charge in [0, 0.05) is 18.0 Å². The van der Waals surface area contributed by atoms with Gasteiger partial charge in [-0.15, -0.1) is 0 Å². The molecular weight excluding hydrogens is 244 g/mol. The molecule has 5 nitrogen and oxygen atoms in total. The molecule has 1 fully saturated rings. The number of carbonyl (C=O) groups excluding carboxylic acids is 2. The van der Waals surface area contributed by atoms with Gasteiger partial charge in [0.05, 0.1) is 6.61 Å². The van der Waals surface area contributed by atoms with E-state index in [4.69, 9.17) is 4.74 Å². The van der Waals surface area contributed by atoms with Crippen molar-refractivity contribution in [3.8, 4) is 0 Å². The van der Waals surface area contributed by atoms with Crippen LogP contribution in [0.5, 0.6) is 0 Å². The van der Waals surface area contributed by atoms with E-state index in [1.807, 2.05) is 24.3 Å². The topological polar surface area (TPSA) is 68.3 Å². The molecule has 5 heteroatoms. The third-order valence-corrected chi connectivity index (χ3v) is 3.10. The molecule has 1 aliphatic heterocycles. The van der Waals surface area contributed by atoms with Crippen LogP contribution in [0.15, 0.2) is 36.5 Å². The maximum atomic E-state index is 12.0. The lowest BCUT2D eigenvalue weighted by Crippen LogP contribution is -2.38. The number of benzene rings is 1. The summed E-state index contributed by atoms with van der Waals surface area (Å²) in [5, 5.41) is 4.55. The molecule has 0 aliphatic carbocycles. The van der Waals surface area contributed by atoms with Crippen molar-refractivity contribution in [3.63, 3.8) is 0 Å². The monoisotopic (exact) mass is 256 g/mol. The number of carbonyl (C=O) groups is 2. The Morgan fingerprint density at radius 1 is 1.32 bits per heavy atom. The first-order chi connectivity index (χ1) is 9.24. The fourth-order valence-corrected chi connectivity index (χ4v) is 2.07. The molecule has 1 aliphatic rings. The quantitative estimate of drug-likeness (QED) is 0.822. The second-order valence-electron chi connectivity index (χ2n) is 4.40. The second kappa shape index (κ2) is 4.68. The number of nitrogens with one attached hydrogen (secondary N) is 1. The summed E-state index contributed by atoms with van der Waals surface area (Å²) in [7, 11) is 0. The van der Waals surface area contributed by atoms with Crippen LogP contribution in [0.3, 0.4) is 0 Å². The van der Waals surface area contributed by atoms with E-state index in [0.717, 1.165) is 10.8 Å². The van der Waals surface area contributed by atoms with E-state index in [2.05, 4.69) is 10.3 Å². The Morgan fingerprint density at radius 3 is 2.84 bits per heavy atom. The van der Waals surface area contributed by atoms with Gasteiger partial charge in [-0.2, -0.15) is 0 Å². The van der Waals surface area contributed by atoms with Gasteiger partial charge in [0.2, 0.25) is 0 Å². The van der Waals surface area contributed by atoms with E-state index in [-0.39, 0.29) is 11.9 Å². The summed E-state index contributed by atoms with van der Waals surface area (Å²) in [6.07, 6.45) is 2.16. The summed E-state index contributed by atoms with van der Waals surface area (Å²) in [6, 6.07) is 8.82. The Kier molecular flexibility index (Phi) is 2.87. The molecule has 0 saturated carbocycles. The van der Waals surface area contributed by atoms with Gasteiger partial charge in [-0.1, -0.05) is 24.3 Å². The fraction of sp³-hybridized carbons (Fsp3) is 0.214. The SMILES string of the molecule is O=C(NC1CCOC1=O)c1cc2ccccc2cn1. The largest absolute Gasteiger partial charge is 0.464 e. The molecule has 1 aromatic heterocycles. The first-order valence-electron chi connectivity index (χ1n) is 6.06. The van der Waals surface area contributed by atoms with Crippen LogP contribution in [0.1, 0.15) is 16.9 Å². The van der Waals surface area contributed by atoms with E-state index < -0.39 is 6.04 Å². The van der Waals surface area contributed by atoms with Crippen LogP contribution in [-0.2, 0) is 9.53 Å². The number of fused-ring (bicyclic) bond motifs is 1. The van der Waals surface area contributed by atoms with Crippen molar-refractivity contribution < 1.29 is 14.3 Å². The van der Waals surface area contributed by atoms with Gasteiger partial charge in [0.1, 0.15) is 11.7 Å². The van der Waals surface area contributed by atoms with Crippen molar-refractivity contribution in [1.82, 2.24) is 10.3 Å². The molecule has 1 N–H and O–H groups in total. The van der Waals surface area contributed by atoms with Gasteiger partial charge in [-0.05, 0) is 11.5 Å². The van der Waals surface area contributed by atoms with Crippen LogP contribution in [0.25, 0.3) is 10.8 Å². The maximum Gasteiger partial charge on any atom is 0.328 e. The van der Waals surface area contributed by atoms with Gasteiger partial charge in [0.25, 0.3) is 5.91 Å². The molecule has 0 radical (unpaired) electrons. The zero-order valence-corrected chi connectivity index (χ0v) is 10.1. The minimum atomic E-state index is -0.555. The van der Waals surface area contributed by atoms with Crippen LogP contribution in [-0.4, -0.2) is 29.5 Å². The predicted molar refractivity (Wildman–Crippen MR) is 68.6 cm³/mol. The van der Waals surface area contributed by atoms with Crippen molar-refractivity contribution in [1.29, 1.82) is 0 Å². The molecule has 1 saturated heterocycles. The summed E-state index contributed by atoms with van der Waals surface area (Å²) < 4.78 is 4.80. The number of amides is 1. The molecule has 96 valence electrons. The van der Waals surface area contributed by atoms with Crippen LogP contribution in [0.4, 0.5) is 0 Å². The maximum absolute atomic E-state index is 12.0. The van der Waals surface area contributed by atoms with Crippen LogP contribution < -0.4 is 5.32 Å². The van der Waals surface area contributed by atoms with Crippen molar-refractivity contribution in [3.05, 3.63) is 42.2 Å². The smallest absolute Gasteiger partial charge is 0.328 e. The lowest BCUT2D eigenvalue weighted by Gasteiger charge is -2.08. The molecule has 0 spiro atoms. The highest BCUT2D eigenvalue weighted by Gasteiger charge is 2.28. The normalized spacial score (nSPS) is 18.3. The van der Waals surface area contributed by atoms with E-state index in [1.165, 1.54) is 0 Å². The van der Waals surface area contributed by atoms with Crippen molar-refractivity contribution in [2.24, 2.45) is 0 Å². The average Bonchev–Trinajstić information content (AvgIpc) is 2.84. The molecule has 19 heavy (non-hydrogen) atoms. The molecule has 1 aromatic carbocycles. The number of pyridine rings is 1. The predicted octanol–water partition coefficient (Wildman–Crippen LogP) is 1.28. The first kappa shape index (κ1) is 11.6. The van der Waals surface area contributed by atoms with E-state index in [0.29, 0.717) is 18.7 Å².